The number of rotatable bonds is 5. The maximum absolute atomic E-state index is 14.5. The third kappa shape index (κ3) is 4.05. The normalized spacial score (nSPS) is 15.6. The minimum absolute atomic E-state index is 0.286. The molecule has 174 valence electrons. The molecule has 35 heavy (non-hydrogen) atoms. The minimum atomic E-state index is -0.446. The molecule has 2 aromatic carbocycles. The summed E-state index contributed by atoms with van der Waals surface area (Å²) in [6.45, 7) is 0.699. The van der Waals surface area contributed by atoms with Gasteiger partial charge in [0.2, 0.25) is 0 Å². The largest absolute Gasteiger partial charge is 0.349 e. The first-order valence-corrected chi connectivity index (χ1v) is 11.4. The number of hydrogen-bond donors (Lipinski definition) is 1. The number of nitrogens with zero attached hydrogens (tertiary/aromatic N) is 6. The number of nitrogens with one attached hydrogen (secondary N) is 1. The van der Waals surface area contributed by atoms with Crippen molar-refractivity contribution in [3.63, 3.8) is 0 Å². The molecule has 0 spiro atoms. The molecule has 0 saturated carbocycles. The van der Waals surface area contributed by atoms with E-state index in [4.69, 9.17) is 4.98 Å². The lowest BCUT2D eigenvalue weighted by Crippen LogP contribution is -2.24. The highest BCUT2D eigenvalue weighted by molar-refractivity contribution is 5.88. The first-order valence-electron chi connectivity index (χ1n) is 11.4. The summed E-state index contributed by atoms with van der Waals surface area (Å²) in [7, 11) is 0. The molecule has 6 rings (SSSR count). The first-order chi connectivity index (χ1) is 17.2. The molecule has 1 atom stereocenters. The molecule has 1 N–H and O–H groups in total. The summed E-state index contributed by atoms with van der Waals surface area (Å²) in [6.07, 6.45) is 6.69. The van der Waals surface area contributed by atoms with Crippen LogP contribution < -0.4 is 10.2 Å². The van der Waals surface area contributed by atoms with Crippen molar-refractivity contribution in [1.29, 1.82) is 0 Å². The zero-order valence-corrected chi connectivity index (χ0v) is 18.6. The van der Waals surface area contributed by atoms with Gasteiger partial charge in [0.25, 0.3) is 0 Å². The Hall–Kier alpha value is -4.40. The summed E-state index contributed by atoms with van der Waals surface area (Å²) in [5.41, 5.74) is 3.43. The Morgan fingerprint density at radius 1 is 0.971 bits per heavy atom. The van der Waals surface area contributed by atoms with Crippen molar-refractivity contribution in [2.75, 3.05) is 16.8 Å². The summed E-state index contributed by atoms with van der Waals surface area (Å²) in [5.74, 6) is 0.387. The average Bonchev–Trinajstić information content (AvgIpc) is 3.59. The number of halogens is 2. The van der Waals surface area contributed by atoms with Crippen molar-refractivity contribution in [3.05, 3.63) is 96.6 Å². The van der Waals surface area contributed by atoms with Gasteiger partial charge in [0, 0.05) is 30.2 Å². The summed E-state index contributed by atoms with van der Waals surface area (Å²) in [4.78, 5) is 15.6. The SMILES string of the molecule is Fc1ccc(F)c(C2CCCN2c2ccc3ncnc(Nc4ccc(-n5cccn5)cc4)c3n2)c1. The third-order valence-corrected chi connectivity index (χ3v) is 6.23. The van der Waals surface area contributed by atoms with Gasteiger partial charge in [0.1, 0.15) is 29.3 Å². The standard InChI is InChI=1S/C26H21F2N7/c27-17-4-9-21(28)20(15-17)23-3-1-13-34(23)24-11-10-22-25(33-24)26(30-16-29-22)32-18-5-7-19(8-6-18)35-14-2-12-31-35/h2,4-12,14-16,23H,1,3,13H2,(H,29,30,32). The summed E-state index contributed by atoms with van der Waals surface area (Å²) >= 11 is 0. The third-order valence-electron chi connectivity index (χ3n) is 6.23. The Balaban J connectivity index is 1.32. The fourth-order valence-corrected chi connectivity index (χ4v) is 4.57. The molecule has 1 fully saturated rings. The van der Waals surface area contributed by atoms with Crippen LogP contribution in [0.4, 0.5) is 26.1 Å². The van der Waals surface area contributed by atoms with E-state index in [9.17, 15) is 8.78 Å². The van der Waals surface area contributed by atoms with Crippen LogP contribution in [-0.2, 0) is 0 Å². The van der Waals surface area contributed by atoms with Gasteiger partial charge in [-0.25, -0.2) is 28.4 Å². The predicted molar refractivity (Wildman–Crippen MR) is 130 cm³/mol. The summed E-state index contributed by atoms with van der Waals surface area (Å²) in [5, 5.41) is 7.57. The van der Waals surface area contributed by atoms with Crippen LogP contribution >= 0.6 is 0 Å². The average molecular weight is 469 g/mol. The van der Waals surface area contributed by atoms with Crippen molar-refractivity contribution in [3.8, 4) is 5.69 Å². The van der Waals surface area contributed by atoms with Gasteiger partial charge in [-0.2, -0.15) is 5.10 Å². The monoisotopic (exact) mass is 469 g/mol. The van der Waals surface area contributed by atoms with E-state index in [1.807, 2.05) is 53.6 Å². The van der Waals surface area contributed by atoms with E-state index < -0.39 is 11.6 Å². The molecular weight excluding hydrogens is 448 g/mol. The lowest BCUT2D eigenvalue weighted by atomic mass is 10.0. The van der Waals surface area contributed by atoms with Crippen molar-refractivity contribution in [1.82, 2.24) is 24.7 Å². The number of hydrogen-bond acceptors (Lipinski definition) is 6. The summed E-state index contributed by atoms with van der Waals surface area (Å²) < 4.78 is 30.2. The van der Waals surface area contributed by atoms with Gasteiger partial charge in [-0.1, -0.05) is 0 Å². The quantitative estimate of drug-likeness (QED) is 0.363. The summed E-state index contributed by atoms with van der Waals surface area (Å²) in [6, 6.07) is 16.7. The topological polar surface area (TPSA) is 71.8 Å². The Labute approximate surface area is 200 Å². The van der Waals surface area contributed by atoms with E-state index in [0.717, 1.165) is 30.3 Å². The molecule has 7 nitrogen and oxygen atoms in total. The van der Waals surface area contributed by atoms with Gasteiger partial charge in [-0.15, -0.1) is 0 Å². The second kappa shape index (κ2) is 8.75. The highest BCUT2D eigenvalue weighted by Crippen LogP contribution is 2.37. The molecule has 0 bridgehead atoms. The van der Waals surface area contributed by atoms with E-state index >= 15 is 0 Å². The maximum Gasteiger partial charge on any atom is 0.160 e. The number of benzene rings is 2. The van der Waals surface area contributed by atoms with Crippen LogP contribution in [0.3, 0.4) is 0 Å². The number of pyridine rings is 1. The number of aromatic nitrogens is 5. The van der Waals surface area contributed by atoms with Crippen molar-refractivity contribution >= 4 is 28.4 Å². The van der Waals surface area contributed by atoms with Gasteiger partial charge < -0.3 is 10.2 Å². The van der Waals surface area contributed by atoms with Crippen molar-refractivity contribution in [2.45, 2.75) is 18.9 Å². The molecule has 1 aliphatic rings. The van der Waals surface area contributed by atoms with Gasteiger partial charge in [-0.05, 0) is 73.5 Å². The van der Waals surface area contributed by atoms with Gasteiger partial charge in [-0.3, -0.25) is 0 Å². The Morgan fingerprint density at radius 2 is 1.86 bits per heavy atom. The minimum Gasteiger partial charge on any atom is -0.349 e. The molecular formula is C26H21F2N7. The molecule has 9 heteroatoms. The van der Waals surface area contributed by atoms with Crippen molar-refractivity contribution in [2.24, 2.45) is 0 Å². The maximum atomic E-state index is 14.5. The van der Waals surface area contributed by atoms with E-state index in [2.05, 4.69) is 20.4 Å². The van der Waals surface area contributed by atoms with Crippen LogP contribution in [0.1, 0.15) is 24.4 Å². The van der Waals surface area contributed by atoms with Gasteiger partial charge in [0.15, 0.2) is 5.82 Å². The second-order valence-corrected chi connectivity index (χ2v) is 8.40. The Kier molecular flexibility index (Phi) is 5.29. The van der Waals surface area contributed by atoms with Crippen LogP contribution in [0.5, 0.6) is 0 Å². The molecule has 1 saturated heterocycles. The molecule has 3 aromatic heterocycles. The molecule has 0 aliphatic carbocycles. The lowest BCUT2D eigenvalue weighted by molar-refractivity contribution is 0.560. The molecule has 1 unspecified atom stereocenters. The number of fused-ring (bicyclic) bond motifs is 1. The predicted octanol–water partition coefficient (Wildman–Crippen LogP) is 5.57. The van der Waals surface area contributed by atoms with E-state index in [1.165, 1.54) is 18.5 Å². The molecule has 0 radical (unpaired) electrons. The van der Waals surface area contributed by atoms with Gasteiger partial charge >= 0.3 is 0 Å². The highest BCUT2D eigenvalue weighted by Gasteiger charge is 2.30. The number of anilines is 3. The molecule has 0 amide bonds. The first kappa shape index (κ1) is 21.2. The molecule has 1 aliphatic heterocycles. The fraction of sp³-hybridized carbons (Fsp3) is 0.154. The van der Waals surface area contributed by atoms with Crippen LogP contribution in [0.2, 0.25) is 0 Å². The second-order valence-electron chi connectivity index (χ2n) is 8.40. The molecule has 4 heterocycles. The van der Waals surface area contributed by atoms with Crippen LogP contribution in [0.15, 0.2) is 79.4 Å². The van der Waals surface area contributed by atoms with Crippen LogP contribution in [0.25, 0.3) is 16.7 Å². The van der Waals surface area contributed by atoms with E-state index in [1.54, 1.807) is 10.9 Å². The zero-order valence-electron chi connectivity index (χ0n) is 18.6. The van der Waals surface area contributed by atoms with Gasteiger partial charge in [0.05, 0.1) is 17.2 Å². The van der Waals surface area contributed by atoms with Crippen LogP contribution in [0, 0.1) is 11.6 Å². The highest BCUT2D eigenvalue weighted by atomic mass is 19.1. The smallest absolute Gasteiger partial charge is 0.160 e. The van der Waals surface area contributed by atoms with Crippen molar-refractivity contribution < 1.29 is 8.78 Å². The zero-order chi connectivity index (χ0) is 23.8. The fourth-order valence-electron chi connectivity index (χ4n) is 4.57. The van der Waals surface area contributed by atoms with E-state index in [-0.39, 0.29) is 6.04 Å². The van der Waals surface area contributed by atoms with E-state index in [0.29, 0.717) is 34.8 Å². The lowest BCUT2D eigenvalue weighted by Gasteiger charge is -2.26. The Morgan fingerprint density at radius 3 is 2.69 bits per heavy atom. The van der Waals surface area contributed by atoms with Crippen LogP contribution in [-0.4, -0.2) is 31.3 Å². The molecule has 5 aromatic rings. The Bertz CT molecular complexity index is 1490.